The van der Waals surface area contributed by atoms with Crippen LogP contribution in [0.4, 0.5) is 11.4 Å². The summed E-state index contributed by atoms with van der Waals surface area (Å²) in [5, 5.41) is 5.89. The number of esters is 1. The summed E-state index contributed by atoms with van der Waals surface area (Å²) in [4.78, 5) is 35.3. The van der Waals surface area contributed by atoms with E-state index in [2.05, 4.69) is 10.6 Å². The van der Waals surface area contributed by atoms with Crippen LogP contribution in [0.15, 0.2) is 42.5 Å². The van der Waals surface area contributed by atoms with Crippen molar-refractivity contribution in [3.8, 4) is 0 Å². The van der Waals surface area contributed by atoms with Crippen LogP contribution < -0.4 is 10.6 Å². The maximum Gasteiger partial charge on any atom is 0.306 e. The number of ether oxygens (including phenoxy) is 1. The molecule has 2 N–H and O–H groups in total. The summed E-state index contributed by atoms with van der Waals surface area (Å²) in [6.45, 7) is 1.45. The fourth-order valence-corrected chi connectivity index (χ4v) is 2.45. The van der Waals surface area contributed by atoms with Gasteiger partial charge >= 0.3 is 5.97 Å². The van der Waals surface area contributed by atoms with Crippen molar-refractivity contribution in [3.05, 3.63) is 58.1 Å². The first-order chi connectivity index (χ1) is 12.8. The van der Waals surface area contributed by atoms with Crippen molar-refractivity contribution in [2.24, 2.45) is 0 Å². The van der Waals surface area contributed by atoms with E-state index in [0.717, 1.165) is 5.56 Å². The molecule has 142 valence electrons. The molecule has 0 heterocycles. The Morgan fingerprint density at radius 2 is 1.59 bits per heavy atom. The maximum absolute atomic E-state index is 11.8. The van der Waals surface area contributed by atoms with Crippen LogP contribution in [-0.2, 0) is 19.1 Å². The first-order valence-electron chi connectivity index (χ1n) is 8.10. The highest BCUT2D eigenvalue weighted by Crippen LogP contribution is 2.24. The van der Waals surface area contributed by atoms with E-state index in [1.54, 1.807) is 18.2 Å². The number of halogens is 2. The number of anilines is 2. The molecule has 0 aliphatic rings. The minimum absolute atomic E-state index is 0.0405. The summed E-state index contributed by atoms with van der Waals surface area (Å²) < 4.78 is 4.86. The van der Waals surface area contributed by atoms with E-state index in [4.69, 9.17) is 27.9 Å². The second-order valence-electron chi connectivity index (χ2n) is 5.76. The van der Waals surface area contributed by atoms with Crippen LogP contribution in [0.1, 0.15) is 18.4 Å². The molecule has 0 aliphatic heterocycles. The Labute approximate surface area is 166 Å². The fraction of sp³-hybridized carbons (Fsp3) is 0.211. The topological polar surface area (TPSA) is 84.5 Å². The quantitative estimate of drug-likeness (QED) is 0.672. The molecule has 0 saturated carbocycles. The summed E-state index contributed by atoms with van der Waals surface area (Å²) in [6.07, 6.45) is -0.168. The van der Waals surface area contributed by atoms with Gasteiger partial charge in [0.15, 0.2) is 6.61 Å². The van der Waals surface area contributed by atoms with E-state index in [-0.39, 0.29) is 18.7 Å². The van der Waals surface area contributed by atoms with Crippen molar-refractivity contribution in [1.82, 2.24) is 0 Å². The Kier molecular flexibility index (Phi) is 7.64. The van der Waals surface area contributed by atoms with Gasteiger partial charge in [0.2, 0.25) is 5.91 Å². The molecule has 2 rings (SSSR count). The third-order valence-electron chi connectivity index (χ3n) is 3.43. The molecule has 0 saturated heterocycles. The number of carbonyl (C=O) groups is 3. The Bertz CT molecular complexity index is 855. The van der Waals surface area contributed by atoms with Crippen molar-refractivity contribution in [3.63, 3.8) is 0 Å². The van der Waals surface area contributed by atoms with Gasteiger partial charge in [0.25, 0.3) is 5.91 Å². The highest BCUT2D eigenvalue weighted by molar-refractivity contribution is 6.42. The van der Waals surface area contributed by atoms with Gasteiger partial charge < -0.3 is 15.4 Å². The predicted octanol–water partition coefficient (Wildman–Crippen LogP) is 4.20. The van der Waals surface area contributed by atoms with Crippen molar-refractivity contribution in [2.45, 2.75) is 19.8 Å². The number of nitrogens with one attached hydrogen (secondary N) is 2. The molecule has 0 fully saturated rings. The van der Waals surface area contributed by atoms with Gasteiger partial charge in [-0.25, -0.2) is 0 Å². The third kappa shape index (κ3) is 7.29. The normalized spacial score (nSPS) is 10.2. The monoisotopic (exact) mass is 408 g/mol. The Balaban J connectivity index is 1.69. The number of carbonyl (C=O) groups excluding carboxylic acids is 3. The number of rotatable bonds is 7. The molecule has 2 aromatic rings. The zero-order valence-corrected chi connectivity index (χ0v) is 16.1. The zero-order chi connectivity index (χ0) is 19.8. The minimum Gasteiger partial charge on any atom is -0.456 e. The Morgan fingerprint density at radius 1 is 0.889 bits per heavy atom. The summed E-state index contributed by atoms with van der Waals surface area (Å²) in [5.74, 6) is -1.47. The molecule has 0 aliphatic carbocycles. The number of amides is 2. The van der Waals surface area contributed by atoms with Crippen LogP contribution >= 0.6 is 23.2 Å². The van der Waals surface area contributed by atoms with Crippen LogP contribution in [0.5, 0.6) is 0 Å². The van der Waals surface area contributed by atoms with Crippen molar-refractivity contribution in [1.29, 1.82) is 0 Å². The summed E-state index contributed by atoms with van der Waals surface area (Å²) >= 11 is 11.6. The van der Waals surface area contributed by atoms with Gasteiger partial charge in [0.05, 0.1) is 16.5 Å². The second-order valence-corrected chi connectivity index (χ2v) is 6.57. The van der Waals surface area contributed by atoms with E-state index < -0.39 is 18.5 Å². The van der Waals surface area contributed by atoms with Crippen LogP contribution in [0.2, 0.25) is 10.0 Å². The molecule has 0 aromatic heterocycles. The lowest BCUT2D eigenvalue weighted by Crippen LogP contribution is -2.21. The lowest BCUT2D eigenvalue weighted by Gasteiger charge is -2.08. The summed E-state index contributed by atoms with van der Waals surface area (Å²) in [5.41, 5.74) is 2.11. The highest BCUT2D eigenvalue weighted by Gasteiger charge is 2.11. The number of hydrogen-bond donors (Lipinski definition) is 2. The third-order valence-corrected chi connectivity index (χ3v) is 4.16. The molecule has 27 heavy (non-hydrogen) atoms. The molecule has 0 atom stereocenters. The summed E-state index contributed by atoms with van der Waals surface area (Å²) in [6, 6.07) is 11.9. The molecule has 6 nitrogen and oxygen atoms in total. The largest absolute Gasteiger partial charge is 0.456 e. The molecular formula is C19H18Cl2N2O4. The maximum atomic E-state index is 11.8. The fourth-order valence-electron chi connectivity index (χ4n) is 2.15. The van der Waals surface area contributed by atoms with Crippen LogP contribution in [-0.4, -0.2) is 24.4 Å². The molecular weight excluding hydrogens is 391 g/mol. The van der Waals surface area contributed by atoms with Gasteiger partial charge in [-0.1, -0.05) is 35.3 Å². The molecule has 0 bridgehead atoms. The lowest BCUT2D eigenvalue weighted by atomic mass is 10.2. The Hall–Kier alpha value is -2.57. The van der Waals surface area contributed by atoms with Crippen molar-refractivity contribution < 1.29 is 19.1 Å². The number of hydrogen-bond acceptors (Lipinski definition) is 4. The lowest BCUT2D eigenvalue weighted by molar-refractivity contribution is -0.147. The first-order valence-corrected chi connectivity index (χ1v) is 8.86. The van der Waals surface area contributed by atoms with Gasteiger partial charge in [0.1, 0.15) is 0 Å². The van der Waals surface area contributed by atoms with E-state index in [1.165, 1.54) is 6.07 Å². The van der Waals surface area contributed by atoms with E-state index in [9.17, 15) is 14.4 Å². The smallest absolute Gasteiger partial charge is 0.306 e. The number of benzene rings is 2. The van der Waals surface area contributed by atoms with Gasteiger partial charge in [-0.3, -0.25) is 14.4 Å². The molecule has 0 radical (unpaired) electrons. The Morgan fingerprint density at radius 3 is 2.30 bits per heavy atom. The minimum atomic E-state index is -0.640. The molecule has 0 unspecified atom stereocenters. The average molecular weight is 409 g/mol. The van der Waals surface area contributed by atoms with E-state index in [0.29, 0.717) is 21.4 Å². The van der Waals surface area contributed by atoms with Crippen molar-refractivity contribution >= 4 is 52.4 Å². The van der Waals surface area contributed by atoms with Crippen LogP contribution in [0, 0.1) is 6.92 Å². The van der Waals surface area contributed by atoms with Crippen LogP contribution in [0.3, 0.4) is 0 Å². The van der Waals surface area contributed by atoms with Crippen LogP contribution in [0.25, 0.3) is 0 Å². The van der Waals surface area contributed by atoms with E-state index >= 15 is 0 Å². The van der Waals surface area contributed by atoms with Gasteiger partial charge in [-0.05, 0) is 42.8 Å². The molecule has 2 amide bonds. The predicted molar refractivity (Wildman–Crippen MR) is 105 cm³/mol. The molecule has 8 heteroatoms. The number of aryl methyl sites for hydroxylation is 1. The second kappa shape index (κ2) is 9.94. The average Bonchev–Trinajstić information content (AvgIpc) is 2.61. The van der Waals surface area contributed by atoms with Gasteiger partial charge in [-0.15, -0.1) is 0 Å². The standard InChI is InChI=1S/C19H18Cl2N2O4/c1-12-3-2-4-13(9-12)22-17(24)7-8-19(26)27-11-18(25)23-14-5-6-15(20)16(21)10-14/h2-6,9-10H,7-8,11H2,1H3,(H,22,24)(H,23,25). The highest BCUT2D eigenvalue weighted by atomic mass is 35.5. The first kappa shape index (κ1) is 20.7. The molecule has 2 aromatic carbocycles. The SMILES string of the molecule is Cc1cccc(NC(=O)CCC(=O)OCC(=O)Nc2ccc(Cl)c(Cl)c2)c1. The molecule has 0 spiro atoms. The summed E-state index contributed by atoms with van der Waals surface area (Å²) in [7, 11) is 0. The van der Waals surface area contributed by atoms with Gasteiger partial charge in [-0.2, -0.15) is 0 Å². The van der Waals surface area contributed by atoms with Gasteiger partial charge in [0, 0.05) is 17.8 Å². The van der Waals surface area contributed by atoms with E-state index in [1.807, 2.05) is 25.1 Å². The zero-order valence-electron chi connectivity index (χ0n) is 14.6. The van der Waals surface area contributed by atoms with Crippen molar-refractivity contribution in [2.75, 3.05) is 17.2 Å².